The van der Waals surface area contributed by atoms with E-state index >= 15 is 0 Å². The fraction of sp³-hybridized carbons (Fsp3) is 0.286. The zero-order valence-electron chi connectivity index (χ0n) is 15.9. The Morgan fingerprint density at radius 2 is 1.90 bits per heavy atom. The SMILES string of the molecule is CN1C(=O)[C@H](NC(=O)C2(NC(=O)c3ccccc3)CC2)CNc2ccc(Cl)cc21. The maximum absolute atomic E-state index is 12.9. The predicted molar refractivity (Wildman–Crippen MR) is 111 cm³/mol. The van der Waals surface area contributed by atoms with Gasteiger partial charge in [0.2, 0.25) is 5.91 Å². The summed E-state index contributed by atoms with van der Waals surface area (Å²) in [5, 5.41) is 9.34. The van der Waals surface area contributed by atoms with Crippen LogP contribution in [-0.4, -0.2) is 42.9 Å². The van der Waals surface area contributed by atoms with Gasteiger partial charge in [-0.2, -0.15) is 0 Å². The van der Waals surface area contributed by atoms with Crippen molar-refractivity contribution in [2.24, 2.45) is 0 Å². The number of hydrogen-bond acceptors (Lipinski definition) is 4. The molecule has 1 atom stereocenters. The summed E-state index contributed by atoms with van der Waals surface area (Å²) < 4.78 is 0. The third-order valence-corrected chi connectivity index (χ3v) is 5.56. The molecule has 2 aliphatic rings. The van der Waals surface area contributed by atoms with Gasteiger partial charge >= 0.3 is 0 Å². The second-order valence-electron chi connectivity index (χ2n) is 7.37. The minimum atomic E-state index is -0.964. The molecule has 29 heavy (non-hydrogen) atoms. The van der Waals surface area contributed by atoms with Crippen LogP contribution in [-0.2, 0) is 9.59 Å². The largest absolute Gasteiger partial charge is 0.381 e. The van der Waals surface area contributed by atoms with Crippen molar-refractivity contribution in [1.29, 1.82) is 0 Å². The number of carbonyl (C=O) groups excluding carboxylic acids is 3. The van der Waals surface area contributed by atoms with Gasteiger partial charge in [0, 0.05) is 24.2 Å². The summed E-state index contributed by atoms with van der Waals surface area (Å²) in [5.41, 5.74) is 0.943. The molecule has 0 spiro atoms. The van der Waals surface area contributed by atoms with Gasteiger partial charge in [-0.1, -0.05) is 29.8 Å². The quantitative estimate of drug-likeness (QED) is 0.717. The van der Waals surface area contributed by atoms with Crippen LogP contribution in [0.5, 0.6) is 0 Å². The normalized spacial score (nSPS) is 19.4. The van der Waals surface area contributed by atoms with Crippen molar-refractivity contribution in [2.45, 2.75) is 24.4 Å². The minimum absolute atomic E-state index is 0.242. The van der Waals surface area contributed by atoms with Gasteiger partial charge in [-0.05, 0) is 43.2 Å². The fourth-order valence-corrected chi connectivity index (χ4v) is 3.57. The van der Waals surface area contributed by atoms with Crippen molar-refractivity contribution in [3.05, 3.63) is 59.1 Å². The van der Waals surface area contributed by atoms with Crippen LogP contribution in [0.3, 0.4) is 0 Å². The van der Waals surface area contributed by atoms with Crippen LogP contribution in [0.2, 0.25) is 5.02 Å². The summed E-state index contributed by atoms with van der Waals surface area (Å²) in [6.07, 6.45) is 1.08. The summed E-state index contributed by atoms with van der Waals surface area (Å²) in [6.45, 7) is 0.242. The van der Waals surface area contributed by atoms with E-state index in [1.54, 1.807) is 49.5 Å². The molecule has 2 aromatic rings. The molecule has 7 nitrogen and oxygen atoms in total. The van der Waals surface area contributed by atoms with Crippen LogP contribution in [0.15, 0.2) is 48.5 Å². The number of halogens is 1. The summed E-state index contributed by atoms with van der Waals surface area (Å²) in [4.78, 5) is 39.7. The summed E-state index contributed by atoms with van der Waals surface area (Å²) in [5.74, 6) is -0.904. The highest BCUT2D eigenvalue weighted by Crippen LogP contribution is 2.36. The zero-order valence-corrected chi connectivity index (χ0v) is 16.6. The first kappa shape index (κ1) is 19.3. The molecule has 150 valence electrons. The van der Waals surface area contributed by atoms with Gasteiger partial charge in [0.05, 0.1) is 11.4 Å². The lowest BCUT2D eigenvalue weighted by Gasteiger charge is -2.24. The number of hydrogen-bond donors (Lipinski definition) is 3. The lowest BCUT2D eigenvalue weighted by atomic mass is 10.1. The molecule has 3 N–H and O–H groups in total. The van der Waals surface area contributed by atoms with Gasteiger partial charge in [-0.3, -0.25) is 14.4 Å². The Labute approximate surface area is 173 Å². The van der Waals surface area contributed by atoms with E-state index in [9.17, 15) is 14.4 Å². The Bertz CT molecular complexity index is 975. The van der Waals surface area contributed by atoms with Crippen molar-refractivity contribution < 1.29 is 14.4 Å². The molecule has 1 heterocycles. The van der Waals surface area contributed by atoms with E-state index in [1.165, 1.54) is 4.90 Å². The summed E-state index contributed by atoms with van der Waals surface area (Å²) >= 11 is 6.06. The molecule has 0 bridgehead atoms. The fourth-order valence-electron chi connectivity index (χ4n) is 3.41. The molecule has 1 fully saturated rings. The average Bonchev–Trinajstić information content (AvgIpc) is 3.52. The van der Waals surface area contributed by atoms with E-state index in [4.69, 9.17) is 11.6 Å². The van der Waals surface area contributed by atoms with Gasteiger partial charge in [0.1, 0.15) is 11.6 Å². The molecular weight excluding hydrogens is 392 g/mol. The number of anilines is 2. The highest BCUT2D eigenvalue weighted by molar-refractivity contribution is 6.31. The maximum atomic E-state index is 12.9. The number of carbonyl (C=O) groups is 3. The topological polar surface area (TPSA) is 90.5 Å². The predicted octanol–water partition coefficient (Wildman–Crippen LogP) is 2.18. The van der Waals surface area contributed by atoms with Gasteiger partial charge in [0.25, 0.3) is 11.8 Å². The van der Waals surface area contributed by atoms with Crippen molar-refractivity contribution in [3.8, 4) is 0 Å². The molecule has 0 radical (unpaired) electrons. The van der Waals surface area contributed by atoms with E-state index in [0.717, 1.165) is 5.69 Å². The minimum Gasteiger partial charge on any atom is -0.381 e. The van der Waals surface area contributed by atoms with Crippen LogP contribution in [0.4, 0.5) is 11.4 Å². The van der Waals surface area contributed by atoms with E-state index in [-0.39, 0.29) is 24.3 Å². The Morgan fingerprint density at radius 3 is 2.59 bits per heavy atom. The van der Waals surface area contributed by atoms with Crippen molar-refractivity contribution in [1.82, 2.24) is 10.6 Å². The highest BCUT2D eigenvalue weighted by atomic mass is 35.5. The molecule has 3 amide bonds. The zero-order chi connectivity index (χ0) is 20.6. The molecule has 2 aromatic carbocycles. The third kappa shape index (κ3) is 3.78. The lowest BCUT2D eigenvalue weighted by Crippen LogP contribution is -2.56. The monoisotopic (exact) mass is 412 g/mol. The Hall–Kier alpha value is -3.06. The molecule has 0 saturated heterocycles. The molecule has 0 aromatic heterocycles. The second-order valence-corrected chi connectivity index (χ2v) is 7.80. The molecule has 1 aliphatic heterocycles. The van der Waals surface area contributed by atoms with Crippen molar-refractivity contribution in [3.63, 3.8) is 0 Å². The van der Waals surface area contributed by atoms with Crippen LogP contribution >= 0.6 is 11.6 Å². The van der Waals surface area contributed by atoms with E-state index < -0.39 is 11.6 Å². The number of benzene rings is 2. The second kappa shape index (κ2) is 7.40. The van der Waals surface area contributed by atoms with E-state index in [0.29, 0.717) is 29.1 Å². The average molecular weight is 413 g/mol. The number of rotatable bonds is 4. The van der Waals surface area contributed by atoms with Gasteiger partial charge in [-0.15, -0.1) is 0 Å². The first-order chi connectivity index (χ1) is 13.9. The third-order valence-electron chi connectivity index (χ3n) is 5.33. The highest BCUT2D eigenvalue weighted by Gasteiger charge is 2.52. The van der Waals surface area contributed by atoms with Gasteiger partial charge < -0.3 is 20.9 Å². The van der Waals surface area contributed by atoms with Crippen molar-refractivity contribution >= 4 is 40.7 Å². The van der Waals surface area contributed by atoms with Crippen molar-refractivity contribution in [2.75, 3.05) is 23.8 Å². The number of fused-ring (bicyclic) bond motifs is 1. The number of nitrogens with zero attached hydrogens (tertiary/aromatic N) is 1. The Balaban J connectivity index is 1.46. The number of nitrogens with one attached hydrogen (secondary N) is 3. The maximum Gasteiger partial charge on any atom is 0.252 e. The van der Waals surface area contributed by atoms with Crippen LogP contribution in [0.1, 0.15) is 23.2 Å². The standard InChI is InChI=1S/C21H21ClN4O3/c1-26-17-11-14(22)7-8-15(17)23-12-16(19(26)28)24-20(29)21(9-10-21)25-18(27)13-5-3-2-4-6-13/h2-8,11,16,23H,9-10,12H2,1H3,(H,24,29)(H,25,27)/t16-/m1/s1. The molecular formula is C21H21ClN4O3. The first-order valence-electron chi connectivity index (χ1n) is 9.39. The Morgan fingerprint density at radius 1 is 1.17 bits per heavy atom. The summed E-state index contributed by atoms with van der Waals surface area (Å²) in [7, 11) is 1.65. The number of amides is 3. The van der Waals surface area contributed by atoms with Gasteiger partial charge in [-0.25, -0.2) is 0 Å². The molecule has 8 heteroatoms. The van der Waals surface area contributed by atoms with Crippen LogP contribution < -0.4 is 20.9 Å². The number of likely N-dealkylation sites (N-methyl/N-ethyl adjacent to an activating group) is 1. The molecule has 1 saturated carbocycles. The molecule has 1 aliphatic carbocycles. The van der Waals surface area contributed by atoms with E-state index in [1.807, 2.05) is 6.07 Å². The first-order valence-corrected chi connectivity index (χ1v) is 9.77. The molecule has 0 unspecified atom stereocenters. The van der Waals surface area contributed by atoms with Crippen LogP contribution in [0.25, 0.3) is 0 Å². The smallest absolute Gasteiger partial charge is 0.252 e. The summed E-state index contributed by atoms with van der Waals surface area (Å²) in [6, 6.07) is 13.2. The Kier molecular flexibility index (Phi) is 4.92. The van der Waals surface area contributed by atoms with Gasteiger partial charge in [0.15, 0.2) is 0 Å². The van der Waals surface area contributed by atoms with E-state index in [2.05, 4.69) is 16.0 Å². The molecule has 4 rings (SSSR count). The van der Waals surface area contributed by atoms with Crippen LogP contribution in [0, 0.1) is 0 Å². The lowest BCUT2D eigenvalue weighted by molar-refractivity contribution is -0.128.